The van der Waals surface area contributed by atoms with E-state index in [1.54, 1.807) is 23.1 Å². The van der Waals surface area contributed by atoms with E-state index in [4.69, 9.17) is 0 Å². The largest absolute Gasteiger partial charge is 0.339 e. The van der Waals surface area contributed by atoms with Crippen LogP contribution >= 0.6 is 0 Å². The SMILES string of the molecule is CC(C)n1ncc2cc(-c3cc(=O)n4ncc(-c5ccnn5C)c4[nH]3)ccc21. The first-order valence-corrected chi connectivity index (χ1v) is 9.10. The van der Waals surface area contributed by atoms with E-state index < -0.39 is 0 Å². The maximum Gasteiger partial charge on any atom is 0.274 e. The summed E-state index contributed by atoms with van der Waals surface area (Å²) in [4.78, 5) is 16.0. The van der Waals surface area contributed by atoms with Crippen LogP contribution in [0.5, 0.6) is 0 Å². The predicted octanol–water partition coefficient (Wildman–Crippen LogP) is 3.02. The van der Waals surface area contributed by atoms with Crippen molar-refractivity contribution in [2.24, 2.45) is 7.05 Å². The maximum atomic E-state index is 12.6. The van der Waals surface area contributed by atoms with Crippen molar-refractivity contribution in [1.82, 2.24) is 34.2 Å². The van der Waals surface area contributed by atoms with Gasteiger partial charge in [-0.3, -0.25) is 14.2 Å². The lowest BCUT2D eigenvalue weighted by molar-refractivity contribution is 0.551. The van der Waals surface area contributed by atoms with E-state index in [2.05, 4.69) is 34.1 Å². The van der Waals surface area contributed by atoms with Gasteiger partial charge >= 0.3 is 0 Å². The highest BCUT2D eigenvalue weighted by molar-refractivity contribution is 5.84. The first-order chi connectivity index (χ1) is 13.5. The predicted molar refractivity (Wildman–Crippen MR) is 107 cm³/mol. The number of H-pyrrole nitrogens is 1. The van der Waals surface area contributed by atoms with Crippen molar-refractivity contribution in [1.29, 1.82) is 0 Å². The van der Waals surface area contributed by atoms with Crippen LogP contribution in [0.25, 0.3) is 39.1 Å². The Morgan fingerprint density at radius 3 is 2.64 bits per heavy atom. The van der Waals surface area contributed by atoms with Crippen LogP contribution in [-0.2, 0) is 7.05 Å². The molecule has 4 heterocycles. The van der Waals surface area contributed by atoms with E-state index in [1.807, 2.05) is 42.2 Å². The Bertz CT molecular complexity index is 1380. The van der Waals surface area contributed by atoms with Crippen molar-refractivity contribution in [2.75, 3.05) is 0 Å². The summed E-state index contributed by atoms with van der Waals surface area (Å²) in [6.45, 7) is 4.21. The van der Waals surface area contributed by atoms with Crippen LogP contribution in [0.2, 0.25) is 0 Å². The smallest absolute Gasteiger partial charge is 0.274 e. The van der Waals surface area contributed by atoms with Crippen molar-refractivity contribution >= 4 is 16.6 Å². The molecule has 4 aromatic heterocycles. The van der Waals surface area contributed by atoms with E-state index in [-0.39, 0.29) is 11.6 Å². The van der Waals surface area contributed by atoms with Gasteiger partial charge in [-0.05, 0) is 37.6 Å². The first-order valence-electron chi connectivity index (χ1n) is 9.10. The lowest BCUT2D eigenvalue weighted by Crippen LogP contribution is -2.14. The average molecular weight is 373 g/mol. The van der Waals surface area contributed by atoms with Gasteiger partial charge in [0.05, 0.1) is 34.9 Å². The molecule has 140 valence electrons. The zero-order valence-electron chi connectivity index (χ0n) is 15.8. The van der Waals surface area contributed by atoms with Crippen molar-refractivity contribution in [3.8, 4) is 22.5 Å². The molecule has 0 spiro atoms. The molecule has 0 aliphatic rings. The van der Waals surface area contributed by atoms with E-state index in [1.165, 1.54) is 4.52 Å². The normalized spacial score (nSPS) is 11.9. The molecule has 5 aromatic rings. The summed E-state index contributed by atoms with van der Waals surface area (Å²) in [5.74, 6) is 0. The third kappa shape index (κ3) is 2.38. The van der Waals surface area contributed by atoms with Gasteiger partial charge in [-0.25, -0.2) is 0 Å². The fourth-order valence-electron chi connectivity index (χ4n) is 3.60. The quantitative estimate of drug-likeness (QED) is 0.527. The number of fused-ring (bicyclic) bond motifs is 2. The molecule has 0 unspecified atom stereocenters. The van der Waals surface area contributed by atoms with Crippen LogP contribution in [-0.4, -0.2) is 34.2 Å². The Morgan fingerprint density at radius 1 is 1.04 bits per heavy atom. The molecule has 0 fully saturated rings. The molecule has 0 radical (unpaired) electrons. The van der Waals surface area contributed by atoms with Gasteiger partial charge in [0.2, 0.25) is 0 Å². The van der Waals surface area contributed by atoms with Crippen LogP contribution in [0.4, 0.5) is 0 Å². The molecule has 0 saturated carbocycles. The highest BCUT2D eigenvalue weighted by Crippen LogP contribution is 2.27. The molecule has 8 heteroatoms. The second-order valence-corrected chi connectivity index (χ2v) is 7.14. The summed E-state index contributed by atoms with van der Waals surface area (Å²) >= 11 is 0. The number of hydrogen-bond donors (Lipinski definition) is 1. The Kier molecular flexibility index (Phi) is 3.48. The molecule has 5 rings (SSSR count). The van der Waals surface area contributed by atoms with Crippen LogP contribution in [0.15, 0.2) is 53.7 Å². The topological polar surface area (TPSA) is 85.8 Å². The molecule has 0 aliphatic heterocycles. The van der Waals surface area contributed by atoms with Gasteiger partial charge in [0, 0.05) is 30.7 Å². The number of rotatable bonds is 3. The number of aryl methyl sites for hydroxylation is 1. The number of aromatic nitrogens is 7. The van der Waals surface area contributed by atoms with Crippen molar-refractivity contribution in [3.63, 3.8) is 0 Å². The van der Waals surface area contributed by atoms with Crippen LogP contribution in [0.3, 0.4) is 0 Å². The van der Waals surface area contributed by atoms with Gasteiger partial charge in [0.15, 0.2) is 0 Å². The number of nitrogens with one attached hydrogen (secondary N) is 1. The van der Waals surface area contributed by atoms with Gasteiger partial charge < -0.3 is 4.98 Å². The minimum atomic E-state index is -0.185. The van der Waals surface area contributed by atoms with E-state index >= 15 is 0 Å². The summed E-state index contributed by atoms with van der Waals surface area (Å²) < 4.78 is 5.12. The molecular formula is C20H19N7O. The molecule has 8 nitrogen and oxygen atoms in total. The third-order valence-electron chi connectivity index (χ3n) is 4.99. The maximum absolute atomic E-state index is 12.6. The minimum absolute atomic E-state index is 0.185. The summed E-state index contributed by atoms with van der Waals surface area (Å²) in [5.41, 5.74) is 4.90. The van der Waals surface area contributed by atoms with Gasteiger partial charge in [0.1, 0.15) is 5.65 Å². The Balaban J connectivity index is 1.70. The summed E-state index contributed by atoms with van der Waals surface area (Å²) in [5, 5.41) is 14.0. The second-order valence-electron chi connectivity index (χ2n) is 7.14. The van der Waals surface area contributed by atoms with Gasteiger partial charge in [-0.1, -0.05) is 6.07 Å². The molecule has 0 atom stereocenters. The standard InChI is InChI=1S/C20H19N7O/c1-12(2)26-17-5-4-13(8-14(17)10-22-26)16-9-19(28)27-20(24-16)15(11-23-27)18-6-7-21-25(18)3/h4-12,24H,1-3H3. The number of hydrogen-bond acceptors (Lipinski definition) is 4. The van der Waals surface area contributed by atoms with Crippen LogP contribution < -0.4 is 5.56 Å². The molecule has 0 saturated heterocycles. The Labute approximate surface area is 160 Å². The summed E-state index contributed by atoms with van der Waals surface area (Å²) in [6.07, 6.45) is 5.26. The zero-order valence-corrected chi connectivity index (χ0v) is 15.8. The second kappa shape index (κ2) is 5.91. The summed E-state index contributed by atoms with van der Waals surface area (Å²) in [7, 11) is 1.86. The fourth-order valence-corrected chi connectivity index (χ4v) is 3.60. The molecule has 1 N–H and O–H groups in total. The van der Waals surface area contributed by atoms with E-state index in [9.17, 15) is 4.79 Å². The Hall–Kier alpha value is -3.68. The van der Waals surface area contributed by atoms with E-state index in [0.29, 0.717) is 5.65 Å². The highest BCUT2D eigenvalue weighted by Gasteiger charge is 2.14. The minimum Gasteiger partial charge on any atom is -0.339 e. The molecule has 1 aromatic carbocycles. The van der Waals surface area contributed by atoms with Gasteiger partial charge in [0.25, 0.3) is 5.56 Å². The average Bonchev–Trinajstić information content (AvgIpc) is 3.38. The van der Waals surface area contributed by atoms with Crippen LogP contribution in [0, 0.1) is 0 Å². The fraction of sp³-hybridized carbons (Fsp3) is 0.200. The van der Waals surface area contributed by atoms with Crippen molar-refractivity contribution in [2.45, 2.75) is 19.9 Å². The van der Waals surface area contributed by atoms with Crippen LogP contribution in [0.1, 0.15) is 19.9 Å². The number of aromatic amines is 1. The monoisotopic (exact) mass is 373 g/mol. The molecular weight excluding hydrogens is 354 g/mol. The van der Waals surface area contributed by atoms with Crippen molar-refractivity contribution in [3.05, 3.63) is 59.3 Å². The van der Waals surface area contributed by atoms with Gasteiger partial charge in [-0.2, -0.15) is 19.8 Å². The third-order valence-corrected chi connectivity index (χ3v) is 4.99. The lowest BCUT2D eigenvalue weighted by atomic mass is 10.1. The summed E-state index contributed by atoms with van der Waals surface area (Å²) in [6, 6.07) is 9.84. The molecule has 0 bridgehead atoms. The first kappa shape index (κ1) is 16.5. The Morgan fingerprint density at radius 2 is 1.89 bits per heavy atom. The molecule has 0 amide bonds. The number of nitrogens with zero attached hydrogens (tertiary/aromatic N) is 6. The zero-order chi connectivity index (χ0) is 19.4. The van der Waals surface area contributed by atoms with Gasteiger partial charge in [-0.15, -0.1) is 0 Å². The van der Waals surface area contributed by atoms with E-state index in [0.717, 1.165) is 33.4 Å². The molecule has 0 aliphatic carbocycles. The lowest BCUT2D eigenvalue weighted by Gasteiger charge is -2.08. The molecule has 28 heavy (non-hydrogen) atoms. The van der Waals surface area contributed by atoms with Crippen molar-refractivity contribution < 1.29 is 0 Å². The highest BCUT2D eigenvalue weighted by atomic mass is 16.1. The number of benzene rings is 1.